The van der Waals surface area contributed by atoms with Crippen LogP contribution in [0, 0.1) is 5.92 Å². The second kappa shape index (κ2) is 15.1. The Morgan fingerprint density at radius 3 is 2.06 bits per heavy atom. The van der Waals surface area contributed by atoms with E-state index in [1.165, 1.54) is 0 Å². The number of esters is 1. The molecule has 5 N–H and O–H groups in total. The van der Waals surface area contributed by atoms with Crippen LogP contribution in [0.25, 0.3) is 0 Å². The fourth-order valence-corrected chi connectivity index (χ4v) is 3.47. The molecule has 0 heterocycles. The van der Waals surface area contributed by atoms with Gasteiger partial charge in [-0.1, -0.05) is 33.5 Å². The molecule has 0 spiro atoms. The van der Waals surface area contributed by atoms with Crippen LogP contribution in [0.2, 0.25) is 25.7 Å². The number of hydrogen-bond donors (Lipinski definition) is 4. The zero-order valence-corrected chi connectivity index (χ0v) is 24.1. The molecule has 0 aromatic rings. The molecule has 3 atom stereocenters. The van der Waals surface area contributed by atoms with Gasteiger partial charge in [0.15, 0.2) is 0 Å². The number of carbonyl (C=O) groups is 4. The van der Waals surface area contributed by atoms with Crippen molar-refractivity contribution in [2.75, 3.05) is 13.2 Å². The summed E-state index contributed by atoms with van der Waals surface area (Å²) < 4.78 is 10.6. The van der Waals surface area contributed by atoms with Crippen LogP contribution in [0.1, 0.15) is 60.8 Å². The summed E-state index contributed by atoms with van der Waals surface area (Å²) in [5, 5.41) is 7.96. The fraction of sp³-hybridized carbons (Fsp3) is 0.833. The summed E-state index contributed by atoms with van der Waals surface area (Å²) in [6.07, 6.45) is 0.976. The van der Waals surface area contributed by atoms with Crippen molar-refractivity contribution in [2.45, 2.75) is 110 Å². The number of nitrogens with one attached hydrogen (secondary N) is 3. The predicted octanol–water partition coefficient (Wildman–Crippen LogP) is 2.54. The number of hydrogen-bond acceptors (Lipinski definition) is 7. The van der Waals surface area contributed by atoms with Crippen molar-refractivity contribution in [1.29, 1.82) is 0 Å². The predicted molar refractivity (Wildman–Crippen MR) is 140 cm³/mol. The molecule has 0 aliphatic carbocycles. The molecular formula is C24H48N4O6Si. The lowest BCUT2D eigenvalue weighted by Crippen LogP contribution is -2.54. The average molecular weight is 517 g/mol. The van der Waals surface area contributed by atoms with Gasteiger partial charge in [0, 0.05) is 14.6 Å². The molecule has 3 amide bonds. The number of amides is 3. The van der Waals surface area contributed by atoms with Gasteiger partial charge in [0.2, 0.25) is 11.8 Å². The fourth-order valence-electron chi connectivity index (χ4n) is 2.76. The second-order valence-electron chi connectivity index (χ2n) is 11.5. The van der Waals surface area contributed by atoms with Gasteiger partial charge in [0.25, 0.3) is 0 Å². The highest BCUT2D eigenvalue weighted by molar-refractivity contribution is 6.76. The first-order chi connectivity index (χ1) is 15.9. The van der Waals surface area contributed by atoms with Crippen LogP contribution in [0.3, 0.4) is 0 Å². The maximum Gasteiger partial charge on any atom is 0.407 e. The molecule has 0 aromatic carbocycles. The van der Waals surface area contributed by atoms with Gasteiger partial charge < -0.3 is 31.2 Å². The molecule has 0 saturated carbocycles. The zero-order chi connectivity index (χ0) is 27.4. The minimum Gasteiger partial charge on any atom is -0.464 e. The zero-order valence-electron chi connectivity index (χ0n) is 23.1. The molecule has 0 aliphatic heterocycles. The van der Waals surface area contributed by atoms with Crippen molar-refractivity contribution in [3.63, 3.8) is 0 Å². The normalized spacial score (nSPS) is 14.5. The number of nitrogens with two attached hydrogens (primary N) is 1. The van der Waals surface area contributed by atoms with Gasteiger partial charge in [-0.05, 0) is 58.9 Å². The Hall–Kier alpha value is -2.14. The maximum atomic E-state index is 12.7. The van der Waals surface area contributed by atoms with E-state index in [1.807, 2.05) is 13.8 Å². The molecular weight excluding hydrogens is 468 g/mol. The molecule has 0 aromatic heterocycles. The van der Waals surface area contributed by atoms with Gasteiger partial charge in [0.05, 0.1) is 12.6 Å². The highest BCUT2D eigenvalue weighted by atomic mass is 28.3. The summed E-state index contributed by atoms with van der Waals surface area (Å²) in [5.41, 5.74) is 5.26. The van der Waals surface area contributed by atoms with Crippen molar-refractivity contribution in [1.82, 2.24) is 16.0 Å². The third kappa shape index (κ3) is 16.2. The minimum absolute atomic E-state index is 0.0753. The summed E-state index contributed by atoms with van der Waals surface area (Å²) in [4.78, 5) is 49.4. The van der Waals surface area contributed by atoms with Gasteiger partial charge in [-0.2, -0.15) is 0 Å². The summed E-state index contributed by atoms with van der Waals surface area (Å²) >= 11 is 0. The first-order valence-corrected chi connectivity index (χ1v) is 16.1. The first-order valence-electron chi connectivity index (χ1n) is 12.4. The highest BCUT2D eigenvalue weighted by Crippen LogP contribution is 2.10. The van der Waals surface area contributed by atoms with E-state index in [2.05, 4.69) is 35.6 Å². The monoisotopic (exact) mass is 516 g/mol. The maximum absolute atomic E-state index is 12.7. The smallest absolute Gasteiger partial charge is 0.407 e. The second-order valence-corrected chi connectivity index (χ2v) is 17.1. The number of alkyl carbamates (subject to hydrolysis) is 1. The van der Waals surface area contributed by atoms with Crippen LogP contribution < -0.4 is 21.7 Å². The van der Waals surface area contributed by atoms with E-state index in [-0.39, 0.29) is 5.92 Å². The van der Waals surface area contributed by atoms with Crippen LogP contribution in [0.5, 0.6) is 0 Å². The SMILES string of the molecule is CC(C)[C@H](N)C(=O)N[C@@H](C)C(=O)N[C@@H](CCCCNC(=O)OC(C)(C)C)C(=O)OCC[Si](C)(C)C. The van der Waals surface area contributed by atoms with E-state index in [0.717, 1.165) is 6.04 Å². The van der Waals surface area contributed by atoms with E-state index in [4.69, 9.17) is 15.2 Å². The highest BCUT2D eigenvalue weighted by Gasteiger charge is 2.27. The molecule has 0 aliphatic rings. The largest absolute Gasteiger partial charge is 0.464 e. The Morgan fingerprint density at radius 2 is 1.54 bits per heavy atom. The lowest BCUT2D eigenvalue weighted by atomic mass is 10.0. The number of rotatable bonds is 14. The number of carbonyl (C=O) groups excluding carboxylic acids is 4. The van der Waals surface area contributed by atoms with Gasteiger partial charge in [-0.15, -0.1) is 0 Å². The third-order valence-corrected chi connectivity index (χ3v) is 6.76. The van der Waals surface area contributed by atoms with Crippen LogP contribution in [-0.4, -0.2) is 68.8 Å². The van der Waals surface area contributed by atoms with Crippen LogP contribution in [0.4, 0.5) is 4.79 Å². The Morgan fingerprint density at radius 1 is 0.943 bits per heavy atom. The Balaban J connectivity index is 4.91. The van der Waals surface area contributed by atoms with E-state index >= 15 is 0 Å². The quantitative estimate of drug-likeness (QED) is 0.157. The first kappa shape index (κ1) is 32.9. The lowest BCUT2D eigenvalue weighted by Gasteiger charge is -2.23. The van der Waals surface area contributed by atoms with E-state index in [9.17, 15) is 19.2 Å². The van der Waals surface area contributed by atoms with E-state index in [1.54, 1.807) is 27.7 Å². The molecule has 0 fully saturated rings. The molecule has 0 bridgehead atoms. The van der Waals surface area contributed by atoms with Gasteiger partial charge >= 0.3 is 12.1 Å². The van der Waals surface area contributed by atoms with Crippen molar-refractivity contribution in [2.24, 2.45) is 11.7 Å². The van der Waals surface area contributed by atoms with Crippen molar-refractivity contribution in [3.8, 4) is 0 Å². The molecule has 204 valence electrons. The Kier molecular flexibility index (Phi) is 14.2. The Bertz CT molecular complexity index is 703. The molecule has 0 radical (unpaired) electrons. The third-order valence-electron chi connectivity index (χ3n) is 5.06. The lowest BCUT2D eigenvalue weighted by molar-refractivity contribution is -0.147. The summed E-state index contributed by atoms with van der Waals surface area (Å²) in [5.74, 6) is -1.50. The molecule has 0 rings (SSSR count). The topological polar surface area (TPSA) is 149 Å². The van der Waals surface area contributed by atoms with Crippen molar-refractivity contribution < 1.29 is 28.7 Å². The summed E-state index contributed by atoms with van der Waals surface area (Å²) in [6, 6.07) is -1.63. The van der Waals surface area contributed by atoms with E-state index in [0.29, 0.717) is 32.4 Å². The van der Waals surface area contributed by atoms with Crippen LogP contribution in [0.15, 0.2) is 0 Å². The standard InChI is InChI=1S/C24H48N4O6Si/c1-16(2)19(25)21(30)27-17(3)20(29)28-18(22(31)33-14-15-35(7,8)9)12-10-11-13-26-23(32)34-24(4,5)6/h16-19H,10-15,25H2,1-9H3,(H,26,32)(H,27,30)(H,28,29)/t17-,18-,19-/m0/s1. The van der Waals surface area contributed by atoms with E-state index < -0.39 is 55.7 Å². The van der Waals surface area contributed by atoms with Crippen molar-refractivity contribution in [3.05, 3.63) is 0 Å². The minimum atomic E-state index is -1.39. The molecule has 0 saturated heterocycles. The van der Waals surface area contributed by atoms with Crippen LogP contribution >= 0.6 is 0 Å². The van der Waals surface area contributed by atoms with Gasteiger partial charge in [-0.3, -0.25) is 9.59 Å². The summed E-state index contributed by atoms with van der Waals surface area (Å²) in [7, 11) is -1.39. The molecule has 35 heavy (non-hydrogen) atoms. The summed E-state index contributed by atoms with van der Waals surface area (Å²) in [6.45, 7) is 17.8. The Labute approximate surface area is 211 Å². The molecule has 11 heteroatoms. The average Bonchev–Trinajstić information content (AvgIpc) is 2.69. The number of ether oxygens (including phenoxy) is 2. The van der Waals surface area contributed by atoms with Crippen LogP contribution in [-0.2, 0) is 23.9 Å². The van der Waals surface area contributed by atoms with Gasteiger partial charge in [0.1, 0.15) is 17.7 Å². The molecule has 10 nitrogen and oxygen atoms in total. The van der Waals surface area contributed by atoms with Gasteiger partial charge in [-0.25, -0.2) is 9.59 Å². The van der Waals surface area contributed by atoms with Crippen molar-refractivity contribution >= 4 is 32.0 Å². The molecule has 0 unspecified atom stereocenters. The number of unbranched alkanes of at least 4 members (excludes halogenated alkanes) is 1.